The van der Waals surface area contributed by atoms with Gasteiger partial charge in [0, 0.05) is 18.0 Å². The van der Waals surface area contributed by atoms with Crippen LogP contribution in [0.5, 0.6) is 0 Å². The monoisotopic (exact) mass is 319 g/mol. The fraction of sp³-hybridized carbons (Fsp3) is 0.286. The molecule has 0 radical (unpaired) electrons. The van der Waals surface area contributed by atoms with E-state index in [2.05, 4.69) is 19.1 Å². The van der Waals surface area contributed by atoms with Crippen LogP contribution in [-0.2, 0) is 6.54 Å². The molecular weight excluding hydrogens is 298 g/mol. The summed E-state index contributed by atoms with van der Waals surface area (Å²) in [6.45, 7) is 2.77. The van der Waals surface area contributed by atoms with Crippen molar-refractivity contribution in [1.29, 1.82) is 0 Å². The number of hydrogen-bond donors (Lipinski definition) is 0. The number of para-hydroxylation sites is 1. The molecule has 1 fully saturated rings. The van der Waals surface area contributed by atoms with Crippen molar-refractivity contribution >= 4 is 16.9 Å². The van der Waals surface area contributed by atoms with Gasteiger partial charge in [-0.05, 0) is 43.4 Å². The Kier molecular flexibility index (Phi) is 3.85. The summed E-state index contributed by atoms with van der Waals surface area (Å²) in [5.74, 6) is 1.02. The molecule has 0 bridgehead atoms. The fourth-order valence-electron chi connectivity index (χ4n) is 3.24. The average Bonchev–Trinajstić information content (AvgIpc) is 3.38. The van der Waals surface area contributed by atoms with Crippen LogP contribution >= 0.6 is 0 Å². The van der Waals surface area contributed by atoms with Crippen molar-refractivity contribution in [3.63, 3.8) is 0 Å². The lowest BCUT2D eigenvalue weighted by Crippen LogP contribution is -2.39. The van der Waals surface area contributed by atoms with Crippen molar-refractivity contribution in [2.75, 3.05) is 0 Å². The van der Waals surface area contributed by atoms with Gasteiger partial charge in [0.05, 0.1) is 0 Å². The zero-order valence-electron chi connectivity index (χ0n) is 13.8. The summed E-state index contributed by atoms with van der Waals surface area (Å²) < 4.78 is 5.81. The van der Waals surface area contributed by atoms with Crippen molar-refractivity contribution in [2.24, 2.45) is 5.92 Å². The fourth-order valence-corrected chi connectivity index (χ4v) is 3.24. The molecule has 0 N–H and O–H groups in total. The van der Waals surface area contributed by atoms with E-state index in [-0.39, 0.29) is 11.9 Å². The molecule has 1 aromatic heterocycles. The largest absolute Gasteiger partial charge is 0.451 e. The molecular formula is C21H21NO2. The smallest absolute Gasteiger partial charge is 0.290 e. The molecule has 24 heavy (non-hydrogen) atoms. The predicted molar refractivity (Wildman–Crippen MR) is 94.7 cm³/mol. The summed E-state index contributed by atoms with van der Waals surface area (Å²) in [6, 6.07) is 20.0. The van der Waals surface area contributed by atoms with E-state index >= 15 is 0 Å². The van der Waals surface area contributed by atoms with Gasteiger partial charge < -0.3 is 9.32 Å². The van der Waals surface area contributed by atoms with Gasteiger partial charge in [0.2, 0.25) is 0 Å². The second-order valence-electron chi connectivity index (χ2n) is 6.65. The van der Waals surface area contributed by atoms with E-state index in [1.54, 1.807) is 0 Å². The van der Waals surface area contributed by atoms with Crippen molar-refractivity contribution in [3.05, 3.63) is 72.0 Å². The molecule has 1 aliphatic rings. The van der Waals surface area contributed by atoms with E-state index in [9.17, 15) is 4.79 Å². The summed E-state index contributed by atoms with van der Waals surface area (Å²) in [5, 5.41) is 0.972. The molecule has 0 saturated heterocycles. The van der Waals surface area contributed by atoms with Crippen molar-refractivity contribution in [3.8, 4) is 0 Å². The number of furan rings is 1. The number of amides is 1. The number of hydrogen-bond acceptors (Lipinski definition) is 2. The van der Waals surface area contributed by atoms with E-state index in [0.717, 1.165) is 16.5 Å². The maximum absolute atomic E-state index is 13.1. The van der Waals surface area contributed by atoms with Gasteiger partial charge in [-0.25, -0.2) is 0 Å². The Hall–Kier alpha value is -2.55. The summed E-state index contributed by atoms with van der Waals surface area (Å²) in [7, 11) is 0. The molecule has 1 atom stereocenters. The van der Waals surface area contributed by atoms with Crippen LogP contribution in [-0.4, -0.2) is 16.8 Å². The minimum absolute atomic E-state index is 0.0190. The lowest BCUT2D eigenvalue weighted by Gasteiger charge is -2.28. The highest BCUT2D eigenvalue weighted by Crippen LogP contribution is 2.36. The third kappa shape index (κ3) is 2.94. The Balaban J connectivity index is 1.65. The lowest BCUT2D eigenvalue weighted by molar-refractivity contribution is 0.0624. The topological polar surface area (TPSA) is 33.5 Å². The first-order chi connectivity index (χ1) is 11.7. The Bertz CT molecular complexity index is 815. The number of nitrogens with zero attached hydrogens (tertiary/aromatic N) is 1. The third-order valence-corrected chi connectivity index (χ3v) is 4.89. The number of carbonyl (C=O) groups is 1. The Morgan fingerprint density at radius 2 is 1.83 bits per heavy atom. The zero-order chi connectivity index (χ0) is 16.5. The van der Waals surface area contributed by atoms with Crippen molar-refractivity contribution < 1.29 is 9.21 Å². The molecule has 4 rings (SSSR count). The van der Waals surface area contributed by atoms with Gasteiger partial charge in [-0.15, -0.1) is 0 Å². The van der Waals surface area contributed by atoms with E-state index in [1.807, 2.05) is 53.4 Å². The lowest BCUT2D eigenvalue weighted by atomic mass is 10.1. The molecule has 2 aromatic carbocycles. The van der Waals surface area contributed by atoms with Gasteiger partial charge in [-0.3, -0.25) is 4.79 Å². The first-order valence-electron chi connectivity index (χ1n) is 8.56. The van der Waals surface area contributed by atoms with Crippen LogP contribution < -0.4 is 0 Å². The Morgan fingerprint density at radius 1 is 1.12 bits per heavy atom. The molecule has 1 saturated carbocycles. The Labute approximate surface area is 141 Å². The minimum Gasteiger partial charge on any atom is -0.451 e. The average molecular weight is 319 g/mol. The summed E-state index contributed by atoms with van der Waals surface area (Å²) in [5.41, 5.74) is 1.91. The van der Waals surface area contributed by atoms with Crippen LogP contribution in [0.4, 0.5) is 0 Å². The number of benzene rings is 2. The zero-order valence-corrected chi connectivity index (χ0v) is 13.8. The molecule has 1 aliphatic carbocycles. The number of rotatable bonds is 5. The molecule has 0 spiro atoms. The summed E-state index contributed by atoms with van der Waals surface area (Å²) in [4.78, 5) is 15.1. The SMILES string of the molecule is CC(C1CC1)N(Cc1ccccc1)C(=O)c1cc2ccccc2o1. The van der Waals surface area contributed by atoms with Crippen LogP contribution in [0.15, 0.2) is 65.1 Å². The normalized spacial score (nSPS) is 15.4. The van der Waals surface area contributed by atoms with Gasteiger partial charge in [0.1, 0.15) is 5.58 Å². The molecule has 1 heterocycles. The van der Waals surface area contributed by atoms with E-state index < -0.39 is 0 Å². The molecule has 3 heteroatoms. The van der Waals surface area contributed by atoms with Crippen LogP contribution in [0.3, 0.4) is 0 Å². The summed E-state index contributed by atoms with van der Waals surface area (Å²) >= 11 is 0. The van der Waals surface area contributed by atoms with Crippen LogP contribution in [0.2, 0.25) is 0 Å². The first kappa shape index (κ1) is 15.0. The maximum Gasteiger partial charge on any atom is 0.290 e. The number of carbonyl (C=O) groups excluding carboxylic acids is 1. The van der Waals surface area contributed by atoms with Crippen LogP contribution in [0, 0.1) is 5.92 Å². The van der Waals surface area contributed by atoms with E-state index in [1.165, 1.54) is 12.8 Å². The van der Waals surface area contributed by atoms with Gasteiger partial charge in [-0.2, -0.15) is 0 Å². The van der Waals surface area contributed by atoms with E-state index in [4.69, 9.17) is 4.42 Å². The highest BCUT2D eigenvalue weighted by atomic mass is 16.3. The highest BCUT2D eigenvalue weighted by Gasteiger charge is 2.35. The molecule has 1 amide bonds. The maximum atomic E-state index is 13.1. The molecule has 122 valence electrons. The highest BCUT2D eigenvalue weighted by molar-refractivity contribution is 5.96. The van der Waals surface area contributed by atoms with Crippen LogP contribution in [0.1, 0.15) is 35.9 Å². The second kappa shape index (κ2) is 6.16. The van der Waals surface area contributed by atoms with Gasteiger partial charge >= 0.3 is 0 Å². The van der Waals surface area contributed by atoms with Gasteiger partial charge in [-0.1, -0.05) is 48.5 Å². The van der Waals surface area contributed by atoms with Crippen molar-refractivity contribution in [1.82, 2.24) is 4.90 Å². The standard InChI is InChI=1S/C21H21NO2/c1-15(17-11-12-17)22(14-16-7-3-2-4-8-16)21(23)20-13-18-9-5-6-10-19(18)24-20/h2-10,13,15,17H,11-12,14H2,1H3. The number of fused-ring (bicyclic) bond motifs is 1. The predicted octanol–water partition coefficient (Wildman–Crippen LogP) is 4.87. The Morgan fingerprint density at radius 3 is 2.54 bits per heavy atom. The van der Waals surface area contributed by atoms with Gasteiger partial charge in [0.15, 0.2) is 5.76 Å². The van der Waals surface area contributed by atoms with Crippen LogP contribution in [0.25, 0.3) is 11.0 Å². The second-order valence-corrected chi connectivity index (χ2v) is 6.65. The first-order valence-corrected chi connectivity index (χ1v) is 8.56. The minimum atomic E-state index is -0.0190. The van der Waals surface area contributed by atoms with Crippen molar-refractivity contribution in [2.45, 2.75) is 32.4 Å². The molecule has 0 aliphatic heterocycles. The quantitative estimate of drug-likeness (QED) is 0.672. The summed E-state index contributed by atoms with van der Waals surface area (Å²) in [6.07, 6.45) is 2.42. The molecule has 3 aromatic rings. The van der Waals surface area contributed by atoms with E-state index in [0.29, 0.717) is 18.2 Å². The molecule has 1 unspecified atom stereocenters. The third-order valence-electron chi connectivity index (χ3n) is 4.89. The molecule has 3 nitrogen and oxygen atoms in total. The van der Waals surface area contributed by atoms with Gasteiger partial charge in [0.25, 0.3) is 5.91 Å².